The van der Waals surface area contributed by atoms with Gasteiger partial charge in [0.15, 0.2) is 11.6 Å². The van der Waals surface area contributed by atoms with Gasteiger partial charge in [0.05, 0.1) is 13.3 Å². The Kier molecular flexibility index (Phi) is 4.44. The number of hydrogen-bond acceptors (Lipinski definition) is 5. The van der Waals surface area contributed by atoms with Gasteiger partial charge in [-0.2, -0.15) is 5.10 Å². The van der Waals surface area contributed by atoms with Crippen molar-refractivity contribution < 1.29 is 4.74 Å². The molecule has 5 nitrogen and oxygen atoms in total. The number of nitrogens with zero attached hydrogens (tertiary/aromatic N) is 2. The van der Waals surface area contributed by atoms with Crippen molar-refractivity contribution in [2.75, 3.05) is 12.5 Å². The van der Waals surface area contributed by atoms with Crippen molar-refractivity contribution in [3.05, 3.63) is 17.8 Å². The molecule has 0 atom stereocenters. The minimum atomic E-state index is 0.403. The third-order valence-electron chi connectivity index (χ3n) is 2.08. The number of aromatic nitrogens is 1. The summed E-state index contributed by atoms with van der Waals surface area (Å²) in [5.74, 6) is 1.60. The molecule has 86 valence electrons. The molecule has 0 spiro atoms. The fourth-order valence-corrected chi connectivity index (χ4v) is 1.15. The second-order valence-corrected chi connectivity index (χ2v) is 3.53. The van der Waals surface area contributed by atoms with Crippen LogP contribution in [0.3, 0.4) is 0 Å². The summed E-state index contributed by atoms with van der Waals surface area (Å²) in [7, 11) is 1.59. The molecule has 0 unspecified atom stereocenters. The lowest BCUT2D eigenvalue weighted by Crippen LogP contribution is -1.99. The van der Waals surface area contributed by atoms with Crippen LogP contribution in [0.4, 0.5) is 5.82 Å². The molecule has 0 aliphatic rings. The van der Waals surface area contributed by atoms with Gasteiger partial charge in [0.25, 0.3) is 0 Å². The minimum absolute atomic E-state index is 0.403. The van der Waals surface area contributed by atoms with Crippen molar-refractivity contribution in [1.82, 2.24) is 4.98 Å². The van der Waals surface area contributed by atoms with Crippen LogP contribution < -0.4 is 10.2 Å². The number of hydrogen-bond donors (Lipinski definition) is 2. The summed E-state index contributed by atoms with van der Waals surface area (Å²) < 4.78 is 5.21. The van der Waals surface area contributed by atoms with E-state index in [9.17, 15) is 0 Å². The second-order valence-electron chi connectivity index (χ2n) is 3.53. The largest absolute Gasteiger partial charge is 0.493 e. The van der Waals surface area contributed by atoms with Gasteiger partial charge in [-0.15, -0.1) is 0 Å². The molecule has 0 aliphatic carbocycles. The van der Waals surface area contributed by atoms with Gasteiger partial charge in [-0.3, -0.25) is 5.43 Å². The van der Waals surface area contributed by atoms with Gasteiger partial charge in [0.2, 0.25) is 0 Å². The van der Waals surface area contributed by atoms with Crippen LogP contribution in [0.15, 0.2) is 17.4 Å². The molecule has 0 fully saturated rings. The first kappa shape index (κ1) is 12.2. The molecule has 0 saturated carbocycles. The normalized spacial score (nSPS) is 10.8. The maximum atomic E-state index is 6.79. The zero-order valence-electron chi connectivity index (χ0n) is 9.69. The van der Waals surface area contributed by atoms with Crippen molar-refractivity contribution in [3.8, 4) is 5.75 Å². The Morgan fingerprint density at radius 2 is 2.31 bits per heavy atom. The van der Waals surface area contributed by atoms with Crippen LogP contribution in [0.5, 0.6) is 5.75 Å². The summed E-state index contributed by atoms with van der Waals surface area (Å²) in [6, 6.07) is 1.93. The third kappa shape index (κ3) is 3.05. The lowest BCUT2D eigenvalue weighted by Gasteiger charge is -2.10. The van der Waals surface area contributed by atoms with E-state index in [0.717, 1.165) is 11.8 Å². The van der Waals surface area contributed by atoms with E-state index in [4.69, 9.17) is 10.1 Å². The van der Waals surface area contributed by atoms with E-state index in [2.05, 4.69) is 29.4 Å². The number of anilines is 1. The first-order chi connectivity index (χ1) is 7.69. The predicted molar refractivity (Wildman–Crippen MR) is 65.8 cm³/mol. The molecule has 0 aliphatic heterocycles. The summed E-state index contributed by atoms with van der Waals surface area (Å²) >= 11 is 0. The Labute approximate surface area is 95.1 Å². The SMILES string of the molecule is COc1cc(C(C)C)cnc1N/N=C\C=N. The van der Waals surface area contributed by atoms with Gasteiger partial charge in [0.1, 0.15) is 0 Å². The van der Waals surface area contributed by atoms with Crippen molar-refractivity contribution in [3.63, 3.8) is 0 Å². The van der Waals surface area contributed by atoms with Crippen molar-refractivity contribution >= 4 is 18.2 Å². The van der Waals surface area contributed by atoms with Crippen LogP contribution in [0.25, 0.3) is 0 Å². The highest BCUT2D eigenvalue weighted by molar-refractivity contribution is 6.14. The lowest BCUT2D eigenvalue weighted by molar-refractivity contribution is 0.414. The molecule has 2 N–H and O–H groups in total. The maximum absolute atomic E-state index is 6.79. The maximum Gasteiger partial charge on any atom is 0.189 e. The molecule has 0 saturated heterocycles. The fraction of sp³-hybridized carbons (Fsp3) is 0.364. The molecule has 5 heteroatoms. The average molecular weight is 220 g/mol. The van der Waals surface area contributed by atoms with E-state index in [1.165, 1.54) is 6.21 Å². The first-order valence-corrected chi connectivity index (χ1v) is 5.01. The number of rotatable bonds is 5. The molecule has 0 aromatic carbocycles. The van der Waals surface area contributed by atoms with E-state index >= 15 is 0 Å². The molecular weight excluding hydrogens is 204 g/mol. The number of hydrazone groups is 1. The van der Waals surface area contributed by atoms with E-state index in [1.807, 2.05) is 6.07 Å². The highest BCUT2D eigenvalue weighted by atomic mass is 16.5. The highest BCUT2D eigenvalue weighted by Crippen LogP contribution is 2.25. The number of pyridine rings is 1. The van der Waals surface area contributed by atoms with Gasteiger partial charge in [-0.1, -0.05) is 13.8 Å². The summed E-state index contributed by atoms with van der Waals surface area (Å²) in [4.78, 5) is 4.22. The van der Waals surface area contributed by atoms with E-state index in [1.54, 1.807) is 13.3 Å². The average Bonchev–Trinajstić information content (AvgIpc) is 2.29. The number of methoxy groups -OCH3 is 1. The topological polar surface area (TPSA) is 70.4 Å². The van der Waals surface area contributed by atoms with Crippen LogP contribution >= 0.6 is 0 Å². The molecule has 1 aromatic rings. The first-order valence-electron chi connectivity index (χ1n) is 5.01. The molecule has 1 aromatic heterocycles. The summed E-state index contributed by atoms with van der Waals surface area (Å²) in [5, 5.41) is 10.6. The summed E-state index contributed by atoms with van der Waals surface area (Å²) in [5.41, 5.74) is 3.82. The van der Waals surface area contributed by atoms with Gasteiger partial charge < -0.3 is 10.1 Å². The van der Waals surface area contributed by atoms with E-state index in [0.29, 0.717) is 17.5 Å². The fourth-order valence-electron chi connectivity index (χ4n) is 1.15. The molecule has 0 amide bonds. The van der Waals surface area contributed by atoms with Gasteiger partial charge in [0, 0.05) is 12.4 Å². The summed E-state index contributed by atoms with van der Waals surface area (Å²) in [6.45, 7) is 4.19. The van der Waals surface area contributed by atoms with Gasteiger partial charge in [-0.05, 0) is 17.5 Å². The Morgan fingerprint density at radius 3 is 2.88 bits per heavy atom. The Balaban J connectivity index is 2.92. The van der Waals surface area contributed by atoms with Crippen molar-refractivity contribution in [2.45, 2.75) is 19.8 Å². The molecule has 0 radical (unpaired) electrons. The van der Waals surface area contributed by atoms with Crippen LogP contribution in [-0.2, 0) is 0 Å². The molecule has 0 bridgehead atoms. The van der Waals surface area contributed by atoms with Gasteiger partial charge in [-0.25, -0.2) is 4.98 Å². The quantitative estimate of drug-likeness (QED) is 0.590. The minimum Gasteiger partial charge on any atom is -0.493 e. The smallest absolute Gasteiger partial charge is 0.189 e. The van der Waals surface area contributed by atoms with Crippen molar-refractivity contribution in [2.24, 2.45) is 5.10 Å². The zero-order chi connectivity index (χ0) is 12.0. The number of ether oxygens (including phenoxy) is 1. The zero-order valence-corrected chi connectivity index (χ0v) is 9.69. The monoisotopic (exact) mass is 220 g/mol. The third-order valence-corrected chi connectivity index (χ3v) is 2.08. The molecule has 16 heavy (non-hydrogen) atoms. The van der Waals surface area contributed by atoms with Gasteiger partial charge >= 0.3 is 0 Å². The Bertz CT molecular complexity index is 388. The lowest BCUT2D eigenvalue weighted by atomic mass is 10.1. The molecule has 1 rings (SSSR count). The summed E-state index contributed by atoms with van der Waals surface area (Å²) in [6.07, 6.45) is 4.20. The Hall–Kier alpha value is -1.91. The van der Waals surface area contributed by atoms with Crippen LogP contribution in [-0.4, -0.2) is 24.5 Å². The van der Waals surface area contributed by atoms with E-state index in [-0.39, 0.29) is 0 Å². The molecule has 1 heterocycles. The predicted octanol–water partition coefficient (Wildman–Crippen LogP) is 2.26. The molecular formula is C11H16N4O. The van der Waals surface area contributed by atoms with Crippen LogP contribution in [0.1, 0.15) is 25.3 Å². The van der Waals surface area contributed by atoms with E-state index < -0.39 is 0 Å². The Morgan fingerprint density at radius 1 is 1.56 bits per heavy atom. The standard InChI is InChI=1S/C11H16N4O/c1-8(2)9-6-10(16-3)11(13-7-9)15-14-5-4-12/h4-8,12H,1-3H3,(H,13,15)/b12-4?,14-5-. The highest BCUT2D eigenvalue weighted by Gasteiger charge is 2.07. The number of nitrogens with one attached hydrogen (secondary N) is 2. The second kappa shape index (κ2) is 5.85. The van der Waals surface area contributed by atoms with Crippen LogP contribution in [0.2, 0.25) is 0 Å². The van der Waals surface area contributed by atoms with Crippen LogP contribution in [0, 0.1) is 5.41 Å². The van der Waals surface area contributed by atoms with Crippen molar-refractivity contribution in [1.29, 1.82) is 5.41 Å².